The summed E-state index contributed by atoms with van der Waals surface area (Å²) < 4.78 is 38.1. The lowest BCUT2D eigenvalue weighted by atomic mass is 10.00. The average molecular weight is 332 g/mol. The van der Waals surface area contributed by atoms with Crippen molar-refractivity contribution in [2.45, 2.75) is 12.6 Å². The van der Waals surface area contributed by atoms with Gasteiger partial charge in [0, 0.05) is 17.4 Å². The van der Waals surface area contributed by atoms with Crippen LogP contribution >= 0.6 is 0 Å². The number of alkyl halides is 3. The molecule has 0 amide bonds. The first-order valence-corrected chi connectivity index (χ1v) is 7.01. The molecule has 3 aromatic rings. The van der Waals surface area contributed by atoms with Gasteiger partial charge in [0.25, 0.3) is 5.56 Å². The zero-order valence-electron chi connectivity index (χ0n) is 12.2. The van der Waals surface area contributed by atoms with Crippen molar-refractivity contribution in [3.05, 3.63) is 75.7 Å². The maximum Gasteiger partial charge on any atom is 0.416 e. The van der Waals surface area contributed by atoms with E-state index < -0.39 is 11.7 Å². The number of hydrogen-bond acceptors (Lipinski definition) is 3. The van der Waals surface area contributed by atoms with E-state index in [9.17, 15) is 22.8 Å². The lowest BCUT2D eigenvalue weighted by Crippen LogP contribution is -2.10. The minimum atomic E-state index is -4.45. The molecule has 0 fully saturated rings. The highest BCUT2D eigenvalue weighted by molar-refractivity contribution is 6.00. The molecular formula is C17H11F3N2O2. The number of Topliss-reactive ketones (excluding diaryl/α,β-unsaturated/α-hetero) is 1. The van der Waals surface area contributed by atoms with Crippen molar-refractivity contribution in [2.24, 2.45) is 0 Å². The van der Waals surface area contributed by atoms with Gasteiger partial charge >= 0.3 is 6.18 Å². The summed E-state index contributed by atoms with van der Waals surface area (Å²) in [7, 11) is 0. The first-order chi connectivity index (χ1) is 11.3. The predicted octanol–water partition coefficient (Wildman–Crippen LogP) is 3.37. The first-order valence-electron chi connectivity index (χ1n) is 7.01. The molecular weight excluding hydrogens is 321 g/mol. The van der Waals surface area contributed by atoms with Crippen LogP contribution in [0, 0.1) is 0 Å². The van der Waals surface area contributed by atoms with Crippen LogP contribution < -0.4 is 5.56 Å². The van der Waals surface area contributed by atoms with Crippen LogP contribution in [-0.2, 0) is 12.6 Å². The van der Waals surface area contributed by atoms with Crippen molar-refractivity contribution in [3.63, 3.8) is 0 Å². The summed E-state index contributed by atoms with van der Waals surface area (Å²) in [4.78, 5) is 23.9. The summed E-state index contributed by atoms with van der Waals surface area (Å²) >= 11 is 0. The third kappa shape index (κ3) is 3.19. The number of H-pyrrole nitrogens is 1. The van der Waals surface area contributed by atoms with Crippen LogP contribution in [0.4, 0.5) is 13.2 Å². The number of ketones is 1. The van der Waals surface area contributed by atoms with Gasteiger partial charge in [0.15, 0.2) is 5.78 Å². The van der Waals surface area contributed by atoms with Gasteiger partial charge in [0.1, 0.15) is 0 Å². The number of fused-ring (bicyclic) bond motifs is 1. The summed E-state index contributed by atoms with van der Waals surface area (Å²) in [5.74, 6) is -0.337. The molecule has 3 rings (SSSR count). The molecule has 0 bridgehead atoms. The summed E-state index contributed by atoms with van der Waals surface area (Å²) in [6, 6.07) is 9.15. The number of carbonyl (C=O) groups excluding carboxylic acids is 1. The first kappa shape index (κ1) is 15.9. The second-order valence-corrected chi connectivity index (χ2v) is 5.30. The molecule has 0 spiro atoms. The topological polar surface area (TPSA) is 62.8 Å². The Morgan fingerprint density at radius 2 is 1.92 bits per heavy atom. The highest BCUT2D eigenvalue weighted by atomic mass is 19.4. The zero-order valence-corrected chi connectivity index (χ0v) is 12.2. The van der Waals surface area contributed by atoms with Crippen molar-refractivity contribution in [3.8, 4) is 0 Å². The number of hydrogen-bond donors (Lipinski definition) is 1. The fourth-order valence-electron chi connectivity index (χ4n) is 2.42. The van der Waals surface area contributed by atoms with Crippen LogP contribution in [0.25, 0.3) is 10.8 Å². The Morgan fingerprint density at radius 3 is 2.67 bits per heavy atom. The summed E-state index contributed by atoms with van der Waals surface area (Å²) in [5.41, 5.74) is -0.572. The molecule has 0 saturated heterocycles. The number of nitrogens with zero attached hydrogens (tertiary/aromatic N) is 1. The van der Waals surface area contributed by atoms with E-state index in [1.807, 2.05) is 0 Å². The molecule has 1 aromatic heterocycles. The third-order valence-electron chi connectivity index (χ3n) is 3.61. The maximum absolute atomic E-state index is 12.7. The van der Waals surface area contributed by atoms with Crippen molar-refractivity contribution < 1.29 is 18.0 Å². The molecule has 1 N–H and O–H groups in total. The molecule has 0 radical (unpaired) electrons. The van der Waals surface area contributed by atoms with Gasteiger partial charge in [0.05, 0.1) is 17.1 Å². The number of aromatic amines is 1. The number of rotatable bonds is 3. The fourth-order valence-corrected chi connectivity index (χ4v) is 2.42. The largest absolute Gasteiger partial charge is 0.416 e. The number of carbonyl (C=O) groups is 1. The van der Waals surface area contributed by atoms with E-state index in [0.29, 0.717) is 16.3 Å². The van der Waals surface area contributed by atoms with Gasteiger partial charge in [-0.15, -0.1) is 0 Å². The van der Waals surface area contributed by atoms with Crippen LogP contribution in [0.15, 0.2) is 53.5 Å². The molecule has 0 atom stereocenters. The highest BCUT2D eigenvalue weighted by Crippen LogP contribution is 2.29. The molecule has 0 saturated carbocycles. The number of nitrogens with one attached hydrogen (secondary N) is 1. The van der Waals surface area contributed by atoms with E-state index in [1.165, 1.54) is 36.5 Å². The lowest BCUT2D eigenvalue weighted by molar-refractivity contribution is -0.137. The van der Waals surface area contributed by atoms with Gasteiger partial charge in [-0.2, -0.15) is 18.3 Å². The van der Waals surface area contributed by atoms with Crippen molar-refractivity contribution >= 4 is 16.6 Å². The molecule has 0 aliphatic heterocycles. The van der Waals surface area contributed by atoms with Gasteiger partial charge in [-0.05, 0) is 23.8 Å². The minimum absolute atomic E-state index is 0.161. The molecule has 0 aliphatic rings. The highest BCUT2D eigenvalue weighted by Gasteiger charge is 2.30. The van der Waals surface area contributed by atoms with E-state index in [0.717, 1.165) is 12.1 Å². The average Bonchev–Trinajstić information content (AvgIpc) is 2.54. The van der Waals surface area contributed by atoms with Gasteiger partial charge in [0.2, 0.25) is 0 Å². The van der Waals surface area contributed by atoms with Crippen LogP contribution in [-0.4, -0.2) is 16.0 Å². The van der Waals surface area contributed by atoms with Crippen LogP contribution in [0.1, 0.15) is 21.5 Å². The Bertz CT molecular complexity index is 977. The number of aromatic nitrogens is 2. The smallest absolute Gasteiger partial charge is 0.294 e. The summed E-state index contributed by atoms with van der Waals surface area (Å²) in [5, 5.41) is 6.83. The van der Waals surface area contributed by atoms with E-state index in [1.54, 1.807) is 0 Å². The van der Waals surface area contributed by atoms with Crippen LogP contribution in [0.3, 0.4) is 0 Å². The lowest BCUT2D eigenvalue weighted by Gasteiger charge is -2.08. The zero-order chi connectivity index (χ0) is 17.3. The molecule has 0 unspecified atom stereocenters. The third-order valence-corrected chi connectivity index (χ3v) is 3.61. The second kappa shape index (κ2) is 5.92. The Hall–Kier alpha value is -2.96. The normalized spacial score (nSPS) is 11.6. The number of benzene rings is 2. The van der Waals surface area contributed by atoms with Gasteiger partial charge in [-0.1, -0.05) is 24.3 Å². The quantitative estimate of drug-likeness (QED) is 0.748. The van der Waals surface area contributed by atoms with Crippen LogP contribution in [0.2, 0.25) is 0 Å². The predicted molar refractivity (Wildman–Crippen MR) is 81.8 cm³/mol. The van der Waals surface area contributed by atoms with E-state index in [-0.39, 0.29) is 23.3 Å². The molecule has 7 heteroatoms. The molecule has 4 nitrogen and oxygen atoms in total. The summed E-state index contributed by atoms with van der Waals surface area (Å²) in [6.45, 7) is 0. The fraction of sp³-hybridized carbons (Fsp3) is 0.118. The molecule has 2 aromatic carbocycles. The van der Waals surface area contributed by atoms with Crippen molar-refractivity contribution in [1.29, 1.82) is 0 Å². The van der Waals surface area contributed by atoms with Crippen molar-refractivity contribution in [1.82, 2.24) is 10.2 Å². The van der Waals surface area contributed by atoms with Gasteiger partial charge < -0.3 is 0 Å². The second-order valence-electron chi connectivity index (χ2n) is 5.30. The standard InChI is InChI=1S/C17H11F3N2O2/c18-17(19,20)13-3-1-2-10(6-13)7-15(23)11-4-5-14-12(8-11)9-21-22-16(14)24/h1-6,8-9H,7H2,(H,22,24). The Balaban J connectivity index is 1.89. The van der Waals surface area contributed by atoms with Gasteiger partial charge in [-0.25, -0.2) is 5.10 Å². The molecule has 122 valence electrons. The SMILES string of the molecule is O=C(Cc1cccc(C(F)(F)F)c1)c1ccc2c(=O)[nH]ncc2c1. The minimum Gasteiger partial charge on any atom is -0.294 e. The van der Waals surface area contributed by atoms with Crippen molar-refractivity contribution in [2.75, 3.05) is 0 Å². The monoisotopic (exact) mass is 332 g/mol. The van der Waals surface area contributed by atoms with E-state index >= 15 is 0 Å². The summed E-state index contributed by atoms with van der Waals surface area (Å²) in [6.07, 6.45) is -3.20. The Kier molecular flexibility index (Phi) is 3.92. The molecule has 0 aliphatic carbocycles. The number of halogens is 3. The Morgan fingerprint density at radius 1 is 1.12 bits per heavy atom. The van der Waals surface area contributed by atoms with Crippen LogP contribution in [0.5, 0.6) is 0 Å². The maximum atomic E-state index is 12.7. The Labute approximate surface area is 133 Å². The molecule has 1 heterocycles. The van der Waals surface area contributed by atoms with E-state index in [4.69, 9.17) is 0 Å². The van der Waals surface area contributed by atoms with E-state index in [2.05, 4.69) is 10.2 Å². The molecule has 24 heavy (non-hydrogen) atoms. The van der Waals surface area contributed by atoms with Gasteiger partial charge in [-0.3, -0.25) is 9.59 Å².